The van der Waals surface area contributed by atoms with Gasteiger partial charge in [0.15, 0.2) is 6.61 Å². The molecule has 0 unspecified atom stereocenters. The molecule has 1 amide bonds. The highest BCUT2D eigenvalue weighted by Gasteiger charge is 2.15. The van der Waals surface area contributed by atoms with Crippen molar-refractivity contribution >= 4 is 29.3 Å². The molecule has 0 bridgehead atoms. The van der Waals surface area contributed by atoms with E-state index in [1.165, 1.54) is 18.9 Å². The van der Waals surface area contributed by atoms with E-state index in [0.717, 1.165) is 4.90 Å². The Morgan fingerprint density at radius 3 is 2.52 bits per heavy atom. The van der Waals surface area contributed by atoms with Crippen LogP contribution in [0.15, 0.2) is 47.4 Å². The molecule has 0 aliphatic heterocycles. The normalized spacial score (nSPS) is 10.0. The summed E-state index contributed by atoms with van der Waals surface area (Å²) in [6, 6.07) is 12.1. The van der Waals surface area contributed by atoms with Gasteiger partial charge in [-0.05, 0) is 30.5 Å². The minimum absolute atomic E-state index is 0.392. The summed E-state index contributed by atoms with van der Waals surface area (Å²) in [4.78, 5) is 25.0. The fourth-order valence-corrected chi connectivity index (χ4v) is 2.70. The van der Waals surface area contributed by atoms with E-state index in [9.17, 15) is 9.59 Å². The maximum absolute atomic E-state index is 12.1. The average molecular weight is 361 g/mol. The molecule has 0 radical (unpaired) electrons. The molecule has 0 fully saturated rings. The van der Waals surface area contributed by atoms with Crippen LogP contribution >= 0.6 is 11.8 Å². The van der Waals surface area contributed by atoms with Crippen LogP contribution < -0.4 is 14.8 Å². The highest BCUT2D eigenvalue weighted by atomic mass is 32.2. The minimum atomic E-state index is -0.540. The van der Waals surface area contributed by atoms with Crippen molar-refractivity contribution in [2.75, 3.05) is 32.4 Å². The van der Waals surface area contributed by atoms with Crippen LogP contribution in [0.5, 0.6) is 11.5 Å². The van der Waals surface area contributed by atoms with Crippen molar-refractivity contribution in [2.24, 2.45) is 0 Å². The van der Waals surface area contributed by atoms with Gasteiger partial charge >= 0.3 is 5.97 Å². The van der Waals surface area contributed by atoms with Crippen molar-refractivity contribution < 1.29 is 23.8 Å². The Balaban J connectivity index is 1.98. The first-order valence-electron chi connectivity index (χ1n) is 7.41. The second-order valence-corrected chi connectivity index (χ2v) is 5.74. The zero-order chi connectivity index (χ0) is 18.2. The Labute approximate surface area is 150 Å². The summed E-state index contributed by atoms with van der Waals surface area (Å²) in [5.74, 6) is 0.0574. The molecule has 2 rings (SSSR count). The van der Waals surface area contributed by atoms with Crippen molar-refractivity contribution in [1.82, 2.24) is 0 Å². The van der Waals surface area contributed by atoms with Crippen molar-refractivity contribution in [2.45, 2.75) is 4.90 Å². The largest absolute Gasteiger partial charge is 0.497 e. The van der Waals surface area contributed by atoms with Gasteiger partial charge in [-0.2, -0.15) is 0 Å². The number of nitrogens with one attached hydrogen (secondary N) is 1. The SMILES string of the molecule is COc1ccc(NC(=O)COC(=O)c2ccccc2SC)c(OC)c1. The topological polar surface area (TPSA) is 73.9 Å². The van der Waals surface area contributed by atoms with Gasteiger partial charge in [0.05, 0.1) is 25.5 Å². The van der Waals surface area contributed by atoms with Gasteiger partial charge in [0.1, 0.15) is 11.5 Å². The van der Waals surface area contributed by atoms with Crippen LogP contribution in [0.1, 0.15) is 10.4 Å². The Hall–Kier alpha value is -2.67. The molecule has 0 atom stereocenters. The molecule has 0 saturated carbocycles. The Morgan fingerprint density at radius 1 is 1.08 bits per heavy atom. The molecule has 0 heterocycles. The first kappa shape index (κ1) is 18.7. The molecule has 0 saturated heterocycles. The molecule has 132 valence electrons. The number of esters is 1. The molecule has 2 aromatic rings. The lowest BCUT2D eigenvalue weighted by molar-refractivity contribution is -0.119. The van der Waals surface area contributed by atoms with Gasteiger partial charge in [-0.1, -0.05) is 12.1 Å². The molecular formula is C18H19NO5S. The molecule has 0 aliphatic rings. The van der Waals surface area contributed by atoms with Crippen molar-refractivity contribution in [3.05, 3.63) is 48.0 Å². The van der Waals surface area contributed by atoms with E-state index in [-0.39, 0.29) is 0 Å². The van der Waals surface area contributed by atoms with E-state index in [2.05, 4.69) is 5.32 Å². The predicted molar refractivity (Wildman–Crippen MR) is 96.7 cm³/mol. The average Bonchev–Trinajstić information content (AvgIpc) is 2.66. The second-order valence-electron chi connectivity index (χ2n) is 4.89. The number of benzene rings is 2. The van der Waals surface area contributed by atoms with Crippen LogP contribution in [-0.2, 0) is 9.53 Å². The summed E-state index contributed by atoms with van der Waals surface area (Å²) in [5, 5.41) is 2.65. The van der Waals surface area contributed by atoms with Gasteiger partial charge in [0.2, 0.25) is 0 Å². The van der Waals surface area contributed by atoms with Crippen LogP contribution in [0.4, 0.5) is 5.69 Å². The quantitative estimate of drug-likeness (QED) is 0.603. The number of amides is 1. The number of ether oxygens (including phenoxy) is 3. The Bertz CT molecular complexity index is 763. The molecular weight excluding hydrogens is 342 g/mol. The first-order valence-corrected chi connectivity index (χ1v) is 8.63. The Kier molecular flexibility index (Phi) is 6.71. The van der Waals surface area contributed by atoms with Gasteiger partial charge in [-0.3, -0.25) is 4.79 Å². The summed E-state index contributed by atoms with van der Waals surface area (Å²) < 4.78 is 15.4. The molecule has 0 aliphatic carbocycles. The van der Waals surface area contributed by atoms with Gasteiger partial charge < -0.3 is 19.5 Å². The monoisotopic (exact) mass is 361 g/mol. The third kappa shape index (κ3) is 4.90. The van der Waals surface area contributed by atoms with E-state index in [1.54, 1.807) is 37.4 Å². The first-order chi connectivity index (χ1) is 12.1. The number of rotatable bonds is 7. The van der Waals surface area contributed by atoms with Crippen LogP contribution in [0.25, 0.3) is 0 Å². The minimum Gasteiger partial charge on any atom is -0.497 e. The highest BCUT2D eigenvalue weighted by molar-refractivity contribution is 7.98. The summed E-state index contributed by atoms with van der Waals surface area (Å²) in [5.41, 5.74) is 0.902. The highest BCUT2D eigenvalue weighted by Crippen LogP contribution is 2.29. The maximum Gasteiger partial charge on any atom is 0.339 e. The third-order valence-electron chi connectivity index (χ3n) is 3.34. The summed E-state index contributed by atoms with van der Waals surface area (Å²) in [6.45, 7) is -0.392. The number of hydrogen-bond acceptors (Lipinski definition) is 6. The van der Waals surface area contributed by atoms with E-state index in [4.69, 9.17) is 14.2 Å². The van der Waals surface area contributed by atoms with Crippen LogP contribution in [-0.4, -0.2) is 39.0 Å². The molecule has 6 nitrogen and oxygen atoms in total. The summed E-state index contributed by atoms with van der Waals surface area (Å²) in [7, 11) is 3.03. The number of anilines is 1. The zero-order valence-electron chi connectivity index (χ0n) is 14.2. The second kappa shape index (κ2) is 8.98. The van der Waals surface area contributed by atoms with Gasteiger partial charge in [0.25, 0.3) is 5.91 Å². The van der Waals surface area contributed by atoms with Gasteiger partial charge in [-0.25, -0.2) is 4.79 Å². The fourth-order valence-electron chi connectivity index (χ4n) is 2.11. The number of methoxy groups -OCH3 is 2. The molecule has 2 aromatic carbocycles. The van der Waals surface area contributed by atoms with Crippen molar-refractivity contribution in [3.63, 3.8) is 0 Å². The molecule has 1 N–H and O–H groups in total. The Morgan fingerprint density at radius 2 is 1.84 bits per heavy atom. The van der Waals surface area contributed by atoms with Gasteiger partial charge in [-0.15, -0.1) is 11.8 Å². The van der Waals surface area contributed by atoms with Crippen molar-refractivity contribution in [1.29, 1.82) is 0 Å². The standard InChI is InChI=1S/C18H19NO5S/c1-22-12-8-9-14(15(10-12)23-2)19-17(20)11-24-18(21)13-6-4-5-7-16(13)25-3/h4-10H,11H2,1-3H3,(H,19,20). The molecule has 25 heavy (non-hydrogen) atoms. The van der Waals surface area contributed by atoms with E-state index in [0.29, 0.717) is 22.7 Å². The lowest BCUT2D eigenvalue weighted by Gasteiger charge is -2.12. The number of hydrogen-bond donors (Lipinski definition) is 1. The van der Waals surface area contributed by atoms with Crippen LogP contribution in [0.2, 0.25) is 0 Å². The maximum atomic E-state index is 12.1. The summed E-state index contributed by atoms with van der Waals surface area (Å²) in [6.07, 6.45) is 1.87. The van der Waals surface area contributed by atoms with E-state index in [1.807, 2.05) is 18.4 Å². The summed E-state index contributed by atoms with van der Waals surface area (Å²) >= 11 is 1.44. The number of thioether (sulfide) groups is 1. The molecule has 0 spiro atoms. The number of carbonyl (C=O) groups is 2. The van der Waals surface area contributed by atoms with Crippen LogP contribution in [0.3, 0.4) is 0 Å². The van der Waals surface area contributed by atoms with E-state index < -0.39 is 18.5 Å². The zero-order valence-corrected chi connectivity index (χ0v) is 15.0. The lowest BCUT2D eigenvalue weighted by atomic mass is 10.2. The molecule has 0 aromatic heterocycles. The number of carbonyl (C=O) groups excluding carboxylic acids is 2. The predicted octanol–water partition coefficient (Wildman–Crippen LogP) is 3.22. The van der Waals surface area contributed by atoms with E-state index >= 15 is 0 Å². The lowest BCUT2D eigenvalue weighted by Crippen LogP contribution is -2.21. The van der Waals surface area contributed by atoms with Crippen molar-refractivity contribution in [3.8, 4) is 11.5 Å². The third-order valence-corrected chi connectivity index (χ3v) is 4.14. The molecule has 7 heteroatoms. The smallest absolute Gasteiger partial charge is 0.339 e. The van der Waals surface area contributed by atoms with Crippen LogP contribution in [0, 0.1) is 0 Å². The van der Waals surface area contributed by atoms with Gasteiger partial charge in [0, 0.05) is 11.0 Å². The fraction of sp³-hybridized carbons (Fsp3) is 0.222.